The van der Waals surface area contributed by atoms with Crippen LogP contribution in [0, 0.1) is 10.1 Å². The van der Waals surface area contributed by atoms with Crippen molar-refractivity contribution < 1.29 is 9.72 Å². The molecule has 1 aromatic carbocycles. The molecule has 0 aromatic heterocycles. The van der Waals surface area contributed by atoms with Crippen molar-refractivity contribution in [2.24, 2.45) is 0 Å². The van der Waals surface area contributed by atoms with Gasteiger partial charge >= 0.3 is 0 Å². The zero-order chi connectivity index (χ0) is 16.8. The number of benzene rings is 1. The monoisotopic (exact) mass is 319 g/mol. The van der Waals surface area contributed by atoms with Gasteiger partial charge in [-0.3, -0.25) is 14.9 Å². The van der Waals surface area contributed by atoms with E-state index in [0.717, 1.165) is 38.8 Å². The summed E-state index contributed by atoms with van der Waals surface area (Å²) < 4.78 is 0. The standard InChI is InChI=1S/C17H25N3O3/c1-3-14(4-2)18-17(21)13-8-9-15(16(12-13)20(22)23)19-10-6-5-7-11-19/h8-9,12,14H,3-7,10-11H2,1-2H3,(H,18,21). The smallest absolute Gasteiger partial charge is 0.293 e. The number of rotatable bonds is 6. The number of nitro groups is 1. The average Bonchev–Trinajstić information content (AvgIpc) is 2.59. The van der Waals surface area contributed by atoms with Gasteiger partial charge in [-0.25, -0.2) is 0 Å². The average molecular weight is 319 g/mol. The van der Waals surface area contributed by atoms with Crippen LogP contribution in [0.4, 0.5) is 11.4 Å². The van der Waals surface area contributed by atoms with Gasteiger partial charge in [-0.15, -0.1) is 0 Å². The highest BCUT2D eigenvalue weighted by atomic mass is 16.6. The van der Waals surface area contributed by atoms with E-state index in [1.165, 1.54) is 12.5 Å². The zero-order valence-corrected chi connectivity index (χ0v) is 13.9. The van der Waals surface area contributed by atoms with Crippen molar-refractivity contribution in [1.82, 2.24) is 5.32 Å². The minimum atomic E-state index is -0.391. The van der Waals surface area contributed by atoms with Gasteiger partial charge in [-0.1, -0.05) is 13.8 Å². The van der Waals surface area contributed by atoms with Gasteiger partial charge in [0.1, 0.15) is 5.69 Å². The van der Waals surface area contributed by atoms with Crippen LogP contribution in [0.3, 0.4) is 0 Å². The van der Waals surface area contributed by atoms with Crippen LogP contribution in [0.5, 0.6) is 0 Å². The fourth-order valence-corrected chi connectivity index (χ4v) is 2.97. The Morgan fingerprint density at radius 2 is 1.91 bits per heavy atom. The van der Waals surface area contributed by atoms with E-state index in [-0.39, 0.29) is 17.6 Å². The summed E-state index contributed by atoms with van der Waals surface area (Å²) in [5.74, 6) is -0.244. The van der Waals surface area contributed by atoms with Gasteiger partial charge in [0.25, 0.3) is 11.6 Å². The molecule has 1 fully saturated rings. The quantitative estimate of drug-likeness (QED) is 0.643. The summed E-state index contributed by atoms with van der Waals surface area (Å²) in [6.45, 7) is 5.69. The summed E-state index contributed by atoms with van der Waals surface area (Å²) in [5.41, 5.74) is 0.988. The minimum Gasteiger partial charge on any atom is -0.366 e. The number of nitrogens with one attached hydrogen (secondary N) is 1. The number of hydrogen-bond acceptors (Lipinski definition) is 4. The van der Waals surface area contributed by atoms with Crippen molar-refractivity contribution in [3.8, 4) is 0 Å². The van der Waals surface area contributed by atoms with E-state index in [0.29, 0.717) is 11.3 Å². The van der Waals surface area contributed by atoms with E-state index in [1.54, 1.807) is 12.1 Å². The zero-order valence-electron chi connectivity index (χ0n) is 13.9. The molecule has 1 heterocycles. The fourth-order valence-electron chi connectivity index (χ4n) is 2.97. The Hall–Kier alpha value is -2.11. The number of nitrogens with zero attached hydrogens (tertiary/aromatic N) is 2. The first-order valence-electron chi connectivity index (χ1n) is 8.41. The first kappa shape index (κ1) is 17.2. The Bertz CT molecular complexity index is 564. The van der Waals surface area contributed by atoms with Crippen LogP contribution in [0.25, 0.3) is 0 Å². The van der Waals surface area contributed by atoms with E-state index in [2.05, 4.69) is 5.32 Å². The van der Waals surface area contributed by atoms with E-state index in [9.17, 15) is 14.9 Å². The summed E-state index contributed by atoms with van der Waals surface area (Å²) in [6, 6.07) is 4.91. The third kappa shape index (κ3) is 4.21. The highest BCUT2D eigenvalue weighted by Crippen LogP contribution is 2.31. The molecule has 23 heavy (non-hydrogen) atoms. The topological polar surface area (TPSA) is 75.5 Å². The molecule has 0 aliphatic carbocycles. The van der Waals surface area contributed by atoms with Crippen LogP contribution in [0.15, 0.2) is 18.2 Å². The number of anilines is 1. The maximum atomic E-state index is 12.3. The lowest BCUT2D eigenvalue weighted by Gasteiger charge is -2.28. The second kappa shape index (κ2) is 7.94. The third-order valence-corrected chi connectivity index (χ3v) is 4.45. The van der Waals surface area contributed by atoms with Crippen molar-refractivity contribution in [2.45, 2.75) is 52.0 Å². The number of carbonyl (C=O) groups excluding carboxylic acids is 1. The van der Waals surface area contributed by atoms with Gasteiger partial charge < -0.3 is 10.2 Å². The molecular weight excluding hydrogens is 294 g/mol. The Morgan fingerprint density at radius 1 is 1.26 bits per heavy atom. The van der Waals surface area contributed by atoms with Gasteiger partial charge in [0, 0.05) is 30.8 Å². The molecule has 0 saturated carbocycles. The molecule has 1 aliphatic rings. The van der Waals surface area contributed by atoms with Crippen LogP contribution >= 0.6 is 0 Å². The molecule has 126 valence electrons. The summed E-state index contributed by atoms with van der Waals surface area (Å²) in [5, 5.41) is 14.3. The maximum Gasteiger partial charge on any atom is 0.293 e. The summed E-state index contributed by atoms with van der Waals surface area (Å²) >= 11 is 0. The number of amides is 1. The van der Waals surface area contributed by atoms with Gasteiger partial charge in [-0.05, 0) is 44.2 Å². The molecule has 1 saturated heterocycles. The Balaban J connectivity index is 2.24. The van der Waals surface area contributed by atoms with Gasteiger partial charge in [0.05, 0.1) is 4.92 Å². The largest absolute Gasteiger partial charge is 0.366 e. The first-order chi connectivity index (χ1) is 11.1. The van der Waals surface area contributed by atoms with Crippen LogP contribution in [0.1, 0.15) is 56.3 Å². The Morgan fingerprint density at radius 3 is 2.48 bits per heavy atom. The van der Waals surface area contributed by atoms with Crippen molar-refractivity contribution >= 4 is 17.3 Å². The highest BCUT2D eigenvalue weighted by Gasteiger charge is 2.23. The van der Waals surface area contributed by atoms with Gasteiger partial charge in [-0.2, -0.15) is 0 Å². The SMILES string of the molecule is CCC(CC)NC(=O)c1ccc(N2CCCCC2)c([N+](=O)[O-])c1. The number of carbonyl (C=O) groups is 1. The van der Waals surface area contributed by atoms with Crippen molar-refractivity contribution in [3.05, 3.63) is 33.9 Å². The van der Waals surface area contributed by atoms with Crippen LogP contribution in [-0.4, -0.2) is 30.0 Å². The minimum absolute atomic E-state index is 0.0177. The molecule has 1 amide bonds. The van der Waals surface area contributed by atoms with Gasteiger partial charge in [0.15, 0.2) is 0 Å². The molecule has 2 rings (SSSR count). The van der Waals surface area contributed by atoms with Crippen LogP contribution < -0.4 is 10.2 Å². The van der Waals surface area contributed by atoms with E-state index in [1.807, 2.05) is 18.7 Å². The second-order valence-electron chi connectivity index (χ2n) is 6.00. The highest BCUT2D eigenvalue weighted by molar-refractivity contribution is 5.96. The molecule has 1 N–H and O–H groups in total. The van der Waals surface area contributed by atoms with E-state index >= 15 is 0 Å². The molecule has 0 atom stereocenters. The lowest BCUT2D eigenvalue weighted by atomic mass is 10.1. The van der Waals surface area contributed by atoms with Crippen molar-refractivity contribution in [1.29, 1.82) is 0 Å². The second-order valence-corrected chi connectivity index (χ2v) is 6.00. The number of piperidine rings is 1. The summed E-state index contributed by atoms with van der Waals surface area (Å²) in [4.78, 5) is 25.4. The molecule has 6 heteroatoms. The third-order valence-electron chi connectivity index (χ3n) is 4.45. The molecular formula is C17H25N3O3. The number of nitro benzene ring substituents is 1. The fraction of sp³-hybridized carbons (Fsp3) is 0.588. The lowest BCUT2D eigenvalue weighted by Crippen LogP contribution is -2.34. The Kier molecular flexibility index (Phi) is 5.96. The predicted octanol–water partition coefficient (Wildman–Crippen LogP) is 3.50. The molecule has 6 nitrogen and oxygen atoms in total. The Labute approximate surface area is 137 Å². The summed E-state index contributed by atoms with van der Waals surface area (Å²) in [6.07, 6.45) is 4.95. The molecule has 1 aromatic rings. The lowest BCUT2D eigenvalue weighted by molar-refractivity contribution is -0.384. The summed E-state index contributed by atoms with van der Waals surface area (Å²) in [7, 11) is 0. The van der Waals surface area contributed by atoms with E-state index in [4.69, 9.17) is 0 Å². The van der Waals surface area contributed by atoms with Crippen LogP contribution in [-0.2, 0) is 0 Å². The molecule has 1 aliphatic heterocycles. The predicted molar refractivity (Wildman–Crippen MR) is 91.0 cm³/mol. The number of hydrogen-bond donors (Lipinski definition) is 1. The van der Waals surface area contributed by atoms with Crippen LogP contribution in [0.2, 0.25) is 0 Å². The van der Waals surface area contributed by atoms with Gasteiger partial charge in [0.2, 0.25) is 0 Å². The molecule has 0 unspecified atom stereocenters. The van der Waals surface area contributed by atoms with Crippen molar-refractivity contribution in [3.63, 3.8) is 0 Å². The normalized spacial score (nSPS) is 14.8. The van der Waals surface area contributed by atoms with E-state index < -0.39 is 4.92 Å². The molecule has 0 bridgehead atoms. The molecule has 0 radical (unpaired) electrons. The molecule has 0 spiro atoms. The first-order valence-corrected chi connectivity index (χ1v) is 8.41. The maximum absolute atomic E-state index is 12.3. The van der Waals surface area contributed by atoms with Crippen molar-refractivity contribution in [2.75, 3.05) is 18.0 Å².